The van der Waals surface area contributed by atoms with Crippen LogP contribution in [-0.2, 0) is 11.3 Å². The number of hydrogen-bond acceptors (Lipinski definition) is 5. The fourth-order valence-electron chi connectivity index (χ4n) is 1.51. The topological polar surface area (TPSA) is 92.4 Å². The number of nitrogens with zero attached hydrogens (tertiary/aromatic N) is 1. The van der Waals surface area contributed by atoms with Crippen molar-refractivity contribution in [2.24, 2.45) is 0 Å². The molecule has 104 valence electrons. The van der Waals surface area contributed by atoms with Gasteiger partial charge in [-0.2, -0.15) is 0 Å². The molecule has 0 radical (unpaired) electrons. The molecule has 0 fully saturated rings. The molecule has 0 bridgehead atoms. The average Bonchev–Trinajstić information content (AvgIpc) is 3.02. The van der Waals surface area contributed by atoms with E-state index in [1.807, 2.05) is 11.4 Å². The van der Waals surface area contributed by atoms with Crippen molar-refractivity contribution in [3.63, 3.8) is 0 Å². The van der Waals surface area contributed by atoms with Crippen LogP contribution in [0, 0.1) is 6.92 Å². The van der Waals surface area contributed by atoms with Crippen LogP contribution in [0.5, 0.6) is 0 Å². The highest BCUT2D eigenvalue weighted by molar-refractivity contribution is 7.10. The summed E-state index contributed by atoms with van der Waals surface area (Å²) in [7, 11) is 0. The first-order valence-corrected chi connectivity index (χ1v) is 6.61. The normalized spacial score (nSPS) is 10.8. The molecular formula is C13H12N2O4S. The molecule has 6 nitrogen and oxygen atoms in total. The van der Waals surface area contributed by atoms with Crippen molar-refractivity contribution in [1.82, 2.24) is 10.3 Å². The predicted molar refractivity (Wildman–Crippen MR) is 73.4 cm³/mol. The zero-order chi connectivity index (χ0) is 14.5. The fourth-order valence-corrected chi connectivity index (χ4v) is 2.31. The van der Waals surface area contributed by atoms with Gasteiger partial charge in [0.05, 0.1) is 12.2 Å². The van der Waals surface area contributed by atoms with E-state index in [2.05, 4.69) is 10.3 Å². The maximum absolute atomic E-state index is 11.8. The first kappa shape index (κ1) is 14.0. The maximum Gasteiger partial charge on any atom is 0.328 e. The number of amides is 1. The molecule has 7 heteroatoms. The average molecular weight is 292 g/mol. The minimum Gasteiger partial charge on any atom is -0.478 e. The lowest BCUT2D eigenvalue weighted by Gasteiger charge is -2.00. The molecule has 0 aliphatic rings. The third-order valence-electron chi connectivity index (χ3n) is 2.47. The van der Waals surface area contributed by atoms with Crippen molar-refractivity contribution in [1.29, 1.82) is 0 Å². The fraction of sp³-hybridized carbons (Fsp3) is 0.154. The van der Waals surface area contributed by atoms with Gasteiger partial charge >= 0.3 is 5.97 Å². The van der Waals surface area contributed by atoms with Crippen LogP contribution in [0.4, 0.5) is 0 Å². The minimum absolute atomic E-state index is 0.201. The lowest BCUT2D eigenvalue weighted by Crippen LogP contribution is -2.22. The van der Waals surface area contributed by atoms with E-state index < -0.39 is 5.97 Å². The second-order valence-electron chi connectivity index (χ2n) is 3.97. The second kappa shape index (κ2) is 6.16. The molecule has 2 aromatic rings. The Kier molecular flexibility index (Phi) is 4.31. The van der Waals surface area contributed by atoms with Crippen molar-refractivity contribution in [3.8, 4) is 0 Å². The number of oxazole rings is 1. The van der Waals surface area contributed by atoms with E-state index in [4.69, 9.17) is 9.52 Å². The summed E-state index contributed by atoms with van der Waals surface area (Å²) < 4.78 is 4.99. The van der Waals surface area contributed by atoms with E-state index >= 15 is 0 Å². The number of nitrogens with one attached hydrogen (secondary N) is 1. The summed E-state index contributed by atoms with van der Waals surface area (Å²) in [4.78, 5) is 27.0. The summed E-state index contributed by atoms with van der Waals surface area (Å²) in [6.45, 7) is 2.04. The van der Waals surface area contributed by atoms with E-state index in [-0.39, 0.29) is 11.7 Å². The van der Waals surface area contributed by atoms with Crippen LogP contribution in [0.1, 0.15) is 26.7 Å². The van der Waals surface area contributed by atoms with Gasteiger partial charge in [-0.25, -0.2) is 9.78 Å². The molecule has 20 heavy (non-hydrogen) atoms. The Morgan fingerprint density at radius 1 is 1.55 bits per heavy atom. The van der Waals surface area contributed by atoms with Crippen LogP contribution in [0.3, 0.4) is 0 Å². The lowest BCUT2D eigenvalue weighted by molar-refractivity contribution is -0.131. The second-order valence-corrected chi connectivity index (χ2v) is 4.96. The van der Waals surface area contributed by atoms with Gasteiger partial charge in [0.15, 0.2) is 6.39 Å². The van der Waals surface area contributed by atoms with Gasteiger partial charge in [0, 0.05) is 11.0 Å². The van der Waals surface area contributed by atoms with E-state index in [1.165, 1.54) is 23.8 Å². The van der Waals surface area contributed by atoms with Crippen molar-refractivity contribution in [2.75, 3.05) is 0 Å². The van der Waals surface area contributed by atoms with Crippen LogP contribution >= 0.6 is 11.3 Å². The van der Waals surface area contributed by atoms with Crippen LogP contribution in [0.2, 0.25) is 0 Å². The number of thiophene rings is 1. The Morgan fingerprint density at radius 2 is 2.35 bits per heavy atom. The highest BCUT2D eigenvalue weighted by Crippen LogP contribution is 2.16. The molecule has 0 aliphatic heterocycles. The molecule has 2 rings (SSSR count). The monoisotopic (exact) mass is 292 g/mol. The van der Waals surface area contributed by atoms with Crippen molar-refractivity contribution >= 4 is 29.3 Å². The van der Waals surface area contributed by atoms with Crippen LogP contribution in [-0.4, -0.2) is 22.0 Å². The van der Waals surface area contributed by atoms with Gasteiger partial charge in [-0.15, -0.1) is 11.3 Å². The van der Waals surface area contributed by atoms with Crippen LogP contribution < -0.4 is 5.32 Å². The molecule has 0 saturated carbocycles. The molecule has 1 amide bonds. The van der Waals surface area contributed by atoms with E-state index in [0.29, 0.717) is 12.2 Å². The number of aliphatic carboxylic acids is 1. The summed E-state index contributed by atoms with van der Waals surface area (Å²) in [5.41, 5.74) is 1.33. The van der Waals surface area contributed by atoms with Crippen molar-refractivity contribution < 1.29 is 19.1 Å². The Balaban J connectivity index is 1.93. The molecule has 0 unspecified atom stereocenters. The summed E-state index contributed by atoms with van der Waals surface area (Å²) in [6, 6.07) is 1.82. The third-order valence-corrected chi connectivity index (χ3v) is 3.42. The largest absolute Gasteiger partial charge is 0.478 e. The zero-order valence-corrected chi connectivity index (χ0v) is 11.4. The third kappa shape index (κ3) is 3.55. The maximum atomic E-state index is 11.8. The summed E-state index contributed by atoms with van der Waals surface area (Å²) in [5.74, 6) is -1.12. The standard InChI is InChI=1S/C13H12N2O4S/c1-8-12(19-7-15-8)13(18)14-5-10-4-9(6-20-10)2-3-11(16)17/h2-4,6-7H,5H2,1H3,(H,14,18)(H,16,17)/b3-2+. The van der Waals surface area contributed by atoms with E-state index in [9.17, 15) is 9.59 Å². The Labute approximate surface area is 118 Å². The molecule has 0 spiro atoms. The van der Waals surface area contributed by atoms with Gasteiger partial charge in [0.2, 0.25) is 5.76 Å². The molecule has 2 heterocycles. The Bertz CT molecular complexity index is 657. The Morgan fingerprint density at radius 3 is 3.00 bits per heavy atom. The number of carbonyl (C=O) groups excluding carboxylic acids is 1. The predicted octanol–water partition coefficient (Wildman–Crippen LogP) is 2.07. The number of rotatable bonds is 5. The van der Waals surface area contributed by atoms with Crippen LogP contribution in [0.15, 0.2) is 28.3 Å². The molecule has 0 aliphatic carbocycles. The smallest absolute Gasteiger partial charge is 0.328 e. The number of aryl methyl sites for hydroxylation is 1. The number of aromatic nitrogens is 1. The highest BCUT2D eigenvalue weighted by Gasteiger charge is 2.13. The van der Waals surface area contributed by atoms with Gasteiger partial charge in [-0.1, -0.05) is 0 Å². The quantitative estimate of drug-likeness (QED) is 0.823. The van der Waals surface area contributed by atoms with Crippen molar-refractivity contribution in [3.05, 3.63) is 45.8 Å². The summed E-state index contributed by atoms with van der Waals surface area (Å²) in [6.07, 6.45) is 3.80. The van der Waals surface area contributed by atoms with Gasteiger partial charge in [0.1, 0.15) is 0 Å². The number of hydrogen-bond donors (Lipinski definition) is 2. The summed E-state index contributed by atoms with van der Waals surface area (Å²) in [5, 5.41) is 13.1. The molecule has 0 atom stereocenters. The van der Waals surface area contributed by atoms with Gasteiger partial charge in [-0.3, -0.25) is 4.79 Å². The lowest BCUT2D eigenvalue weighted by atomic mass is 10.3. The van der Waals surface area contributed by atoms with Gasteiger partial charge in [0.25, 0.3) is 5.91 Å². The van der Waals surface area contributed by atoms with Crippen molar-refractivity contribution in [2.45, 2.75) is 13.5 Å². The minimum atomic E-state index is -0.994. The first-order valence-electron chi connectivity index (χ1n) is 5.73. The Hall–Kier alpha value is -2.41. The molecule has 0 aromatic carbocycles. The molecule has 2 N–H and O–H groups in total. The van der Waals surface area contributed by atoms with Gasteiger partial charge < -0.3 is 14.8 Å². The van der Waals surface area contributed by atoms with Crippen LogP contribution in [0.25, 0.3) is 6.08 Å². The molecule has 0 saturated heterocycles. The number of carboxylic acid groups (broad SMARTS) is 1. The summed E-state index contributed by atoms with van der Waals surface area (Å²) >= 11 is 1.44. The first-order chi connectivity index (χ1) is 9.56. The molecular weight excluding hydrogens is 280 g/mol. The van der Waals surface area contributed by atoms with E-state index in [1.54, 1.807) is 6.92 Å². The van der Waals surface area contributed by atoms with Gasteiger partial charge in [-0.05, 0) is 30.0 Å². The highest BCUT2D eigenvalue weighted by atomic mass is 32.1. The number of carbonyl (C=O) groups is 2. The number of carboxylic acids is 1. The van der Waals surface area contributed by atoms with E-state index in [0.717, 1.165) is 16.5 Å². The zero-order valence-electron chi connectivity index (χ0n) is 10.6. The molecule has 2 aromatic heterocycles. The SMILES string of the molecule is Cc1ncoc1C(=O)NCc1cc(/C=C/C(=O)O)cs1.